The third kappa shape index (κ3) is 5.77. The molecule has 1 saturated carbocycles. The Bertz CT molecular complexity index is 597. The Morgan fingerprint density at radius 2 is 1.92 bits per heavy atom. The first-order valence-corrected chi connectivity index (χ1v) is 9.03. The number of nitrogens with one attached hydrogen (secondary N) is 3. The van der Waals surface area contributed by atoms with E-state index in [0.717, 1.165) is 6.42 Å². The lowest BCUT2D eigenvalue weighted by atomic mass is 9.78. The van der Waals surface area contributed by atoms with E-state index in [1.807, 2.05) is 12.1 Å². The molecule has 6 nitrogen and oxygen atoms in total. The van der Waals surface area contributed by atoms with E-state index in [4.69, 9.17) is 21.7 Å². The zero-order chi connectivity index (χ0) is 18.2. The van der Waals surface area contributed by atoms with E-state index in [1.165, 1.54) is 12.8 Å². The number of carbonyl (C=O) groups excluding carboxylic acids is 1. The van der Waals surface area contributed by atoms with E-state index in [9.17, 15) is 4.79 Å². The minimum Gasteiger partial charge on any atom is -0.493 e. The Hall–Kier alpha value is -2.02. The van der Waals surface area contributed by atoms with Crippen LogP contribution in [0.25, 0.3) is 0 Å². The molecule has 0 bridgehead atoms. The van der Waals surface area contributed by atoms with E-state index < -0.39 is 0 Å². The zero-order valence-electron chi connectivity index (χ0n) is 15.0. The molecule has 1 aromatic carbocycles. The van der Waals surface area contributed by atoms with E-state index >= 15 is 0 Å². The minimum atomic E-state index is -0.319. The summed E-state index contributed by atoms with van der Waals surface area (Å²) >= 11 is 5.26. The average molecular weight is 365 g/mol. The molecule has 0 radical (unpaired) electrons. The molecule has 25 heavy (non-hydrogen) atoms. The van der Waals surface area contributed by atoms with Gasteiger partial charge in [-0.05, 0) is 42.6 Å². The number of methoxy groups -OCH3 is 1. The summed E-state index contributed by atoms with van der Waals surface area (Å²) in [5.74, 6) is 2.02. The molecule has 0 aliphatic heterocycles. The first-order chi connectivity index (χ1) is 12.0. The highest BCUT2D eigenvalue weighted by Crippen LogP contribution is 2.29. The van der Waals surface area contributed by atoms with Crippen LogP contribution in [-0.4, -0.2) is 30.8 Å². The quantitative estimate of drug-likeness (QED) is 0.550. The van der Waals surface area contributed by atoms with Crippen molar-refractivity contribution in [2.45, 2.75) is 39.2 Å². The van der Waals surface area contributed by atoms with Crippen LogP contribution in [0.1, 0.15) is 33.1 Å². The van der Waals surface area contributed by atoms with Gasteiger partial charge in [0.15, 0.2) is 23.2 Å². The molecule has 3 N–H and O–H groups in total. The molecular formula is C18H27N3O3S. The molecule has 1 aromatic rings. The molecule has 0 unspecified atom stereocenters. The SMILES string of the molecule is COc1ccccc1OCC(=O)NNC(=S)N[C@H]1CCC[C@@H](C)[C@H]1C. The van der Waals surface area contributed by atoms with Gasteiger partial charge >= 0.3 is 0 Å². The second-order valence-corrected chi connectivity index (χ2v) is 6.87. The first-order valence-electron chi connectivity index (χ1n) is 8.62. The number of hydrogen-bond acceptors (Lipinski definition) is 4. The zero-order valence-corrected chi connectivity index (χ0v) is 15.8. The van der Waals surface area contributed by atoms with Gasteiger partial charge in [-0.1, -0.05) is 38.8 Å². The van der Waals surface area contributed by atoms with Crippen LogP contribution < -0.4 is 25.6 Å². The van der Waals surface area contributed by atoms with E-state index in [-0.39, 0.29) is 12.5 Å². The van der Waals surface area contributed by atoms with E-state index in [0.29, 0.717) is 34.5 Å². The number of carbonyl (C=O) groups is 1. The second kappa shape index (κ2) is 9.46. The molecule has 1 amide bonds. The number of hydrogen-bond donors (Lipinski definition) is 3. The lowest BCUT2D eigenvalue weighted by molar-refractivity contribution is -0.123. The van der Waals surface area contributed by atoms with Gasteiger partial charge in [-0.25, -0.2) is 0 Å². The highest BCUT2D eigenvalue weighted by atomic mass is 32.1. The van der Waals surface area contributed by atoms with Gasteiger partial charge in [0.1, 0.15) is 0 Å². The van der Waals surface area contributed by atoms with Gasteiger partial charge in [-0.3, -0.25) is 15.6 Å². The number of para-hydroxylation sites is 2. The van der Waals surface area contributed by atoms with Gasteiger partial charge in [0.2, 0.25) is 0 Å². The van der Waals surface area contributed by atoms with Crippen LogP contribution in [0.3, 0.4) is 0 Å². The molecular weight excluding hydrogens is 338 g/mol. The molecule has 0 saturated heterocycles. The molecule has 7 heteroatoms. The smallest absolute Gasteiger partial charge is 0.276 e. The van der Waals surface area contributed by atoms with Crippen molar-refractivity contribution < 1.29 is 14.3 Å². The number of amides is 1. The van der Waals surface area contributed by atoms with Gasteiger partial charge < -0.3 is 14.8 Å². The summed E-state index contributed by atoms with van der Waals surface area (Å²) in [6.07, 6.45) is 3.56. The maximum absolute atomic E-state index is 11.9. The van der Waals surface area contributed by atoms with Crippen LogP contribution in [0.2, 0.25) is 0 Å². The summed E-state index contributed by atoms with van der Waals surface area (Å²) < 4.78 is 10.6. The third-order valence-electron chi connectivity index (χ3n) is 4.77. The Morgan fingerprint density at radius 3 is 2.64 bits per heavy atom. The van der Waals surface area contributed by atoms with Crippen LogP contribution in [0.15, 0.2) is 24.3 Å². The predicted molar refractivity (Wildman–Crippen MR) is 101 cm³/mol. The molecule has 0 heterocycles. The van der Waals surface area contributed by atoms with Crippen molar-refractivity contribution in [3.8, 4) is 11.5 Å². The van der Waals surface area contributed by atoms with Gasteiger partial charge in [0.25, 0.3) is 5.91 Å². The summed E-state index contributed by atoms with van der Waals surface area (Å²) in [4.78, 5) is 11.9. The summed E-state index contributed by atoms with van der Waals surface area (Å²) in [6, 6.07) is 7.52. The fourth-order valence-electron chi connectivity index (χ4n) is 3.03. The molecule has 138 valence electrons. The van der Waals surface area contributed by atoms with Crippen molar-refractivity contribution in [3.05, 3.63) is 24.3 Å². The fraction of sp³-hybridized carbons (Fsp3) is 0.556. The number of thiocarbonyl (C=S) groups is 1. The Labute approximate surface area is 154 Å². The van der Waals surface area contributed by atoms with Crippen molar-refractivity contribution in [2.75, 3.05) is 13.7 Å². The van der Waals surface area contributed by atoms with Crippen molar-refractivity contribution >= 4 is 23.2 Å². The summed E-state index contributed by atoms with van der Waals surface area (Å²) in [7, 11) is 1.56. The van der Waals surface area contributed by atoms with Gasteiger partial charge in [0.05, 0.1) is 7.11 Å². The number of ether oxygens (including phenoxy) is 2. The topological polar surface area (TPSA) is 71.6 Å². The molecule has 1 aliphatic carbocycles. The summed E-state index contributed by atoms with van der Waals surface area (Å²) in [5.41, 5.74) is 5.29. The van der Waals surface area contributed by atoms with E-state index in [2.05, 4.69) is 30.0 Å². The van der Waals surface area contributed by atoms with Crippen LogP contribution in [0, 0.1) is 11.8 Å². The lowest BCUT2D eigenvalue weighted by Crippen LogP contribution is -2.53. The van der Waals surface area contributed by atoms with Gasteiger partial charge in [-0.15, -0.1) is 0 Å². The number of rotatable bonds is 5. The fourth-order valence-corrected chi connectivity index (χ4v) is 3.24. The molecule has 0 aromatic heterocycles. The predicted octanol–water partition coefficient (Wildman–Crippen LogP) is 2.39. The first kappa shape index (κ1) is 19.3. The summed E-state index contributed by atoms with van der Waals surface area (Å²) in [6.45, 7) is 4.38. The van der Waals surface area contributed by atoms with Crippen LogP contribution in [0.4, 0.5) is 0 Å². The van der Waals surface area contributed by atoms with Crippen LogP contribution in [-0.2, 0) is 4.79 Å². The van der Waals surface area contributed by atoms with Crippen molar-refractivity contribution in [3.63, 3.8) is 0 Å². The van der Waals surface area contributed by atoms with E-state index in [1.54, 1.807) is 19.2 Å². The van der Waals surface area contributed by atoms with Crippen LogP contribution >= 0.6 is 12.2 Å². The molecule has 1 aliphatic rings. The molecule has 2 rings (SSSR count). The lowest BCUT2D eigenvalue weighted by Gasteiger charge is -2.35. The molecule has 3 atom stereocenters. The molecule has 1 fully saturated rings. The van der Waals surface area contributed by atoms with Crippen molar-refractivity contribution in [1.29, 1.82) is 0 Å². The van der Waals surface area contributed by atoms with Crippen molar-refractivity contribution in [1.82, 2.24) is 16.2 Å². The maximum Gasteiger partial charge on any atom is 0.276 e. The highest BCUT2D eigenvalue weighted by Gasteiger charge is 2.27. The third-order valence-corrected chi connectivity index (χ3v) is 4.99. The largest absolute Gasteiger partial charge is 0.493 e. The highest BCUT2D eigenvalue weighted by molar-refractivity contribution is 7.80. The second-order valence-electron chi connectivity index (χ2n) is 6.46. The minimum absolute atomic E-state index is 0.132. The van der Waals surface area contributed by atoms with Gasteiger partial charge in [0, 0.05) is 6.04 Å². The monoisotopic (exact) mass is 365 g/mol. The Balaban J connectivity index is 1.71. The number of benzene rings is 1. The summed E-state index contributed by atoms with van der Waals surface area (Å²) in [5, 5.41) is 3.72. The Morgan fingerprint density at radius 1 is 1.20 bits per heavy atom. The maximum atomic E-state index is 11.9. The normalized spacial score (nSPS) is 22.6. The van der Waals surface area contributed by atoms with Crippen molar-refractivity contribution in [2.24, 2.45) is 11.8 Å². The standard InChI is InChI=1S/C18H27N3O3S/c1-12-7-6-8-14(13(12)2)19-18(25)21-20-17(22)11-24-16-10-5-4-9-15(16)23-3/h4-5,9-10,12-14H,6-8,11H2,1-3H3,(H,20,22)(H2,19,21,25)/t12-,13-,14+/m1/s1. The number of hydrazine groups is 1. The van der Waals surface area contributed by atoms with Gasteiger partial charge in [-0.2, -0.15) is 0 Å². The molecule has 0 spiro atoms. The van der Waals surface area contributed by atoms with Crippen LogP contribution in [0.5, 0.6) is 11.5 Å². The average Bonchev–Trinajstić information content (AvgIpc) is 2.62. The Kier molecular flexibility index (Phi) is 7.31.